The number of carbonyl (C=O) groups excluding carboxylic acids is 1. The minimum atomic E-state index is -0.655. The fraction of sp³-hybridized carbons (Fsp3) is 0.286. The largest absolute Gasteiger partial charge is 0.464 e. The molecule has 1 aromatic rings. The van der Waals surface area contributed by atoms with Crippen molar-refractivity contribution in [1.29, 1.82) is 0 Å². The minimum Gasteiger partial charge on any atom is -0.464 e. The summed E-state index contributed by atoms with van der Waals surface area (Å²) in [6.45, 7) is 0. The monoisotopic (exact) mass is 202 g/mol. The molecule has 0 aliphatic heterocycles. The summed E-state index contributed by atoms with van der Waals surface area (Å²) < 4.78 is 4.39. The first-order chi connectivity index (χ1) is 6.17. The van der Waals surface area contributed by atoms with Crippen LogP contribution >= 0.6 is 11.6 Å². The number of methoxy groups -OCH3 is 1. The number of H-pyrrole nitrogens is 1. The van der Waals surface area contributed by atoms with Gasteiger partial charge in [-0.05, 0) is 0 Å². The Bertz CT molecular complexity index is 374. The number of halogens is 1. The minimum absolute atomic E-state index is 0.0399. The summed E-state index contributed by atoms with van der Waals surface area (Å²) in [6.07, 6.45) is 0. The molecule has 0 fully saturated rings. The molecule has 70 valence electrons. The average Bonchev–Trinajstić information content (AvgIpc) is 2.15. The number of nitrogens with one attached hydrogen (secondary N) is 1. The van der Waals surface area contributed by atoms with Gasteiger partial charge in [-0.15, -0.1) is 11.6 Å². The van der Waals surface area contributed by atoms with Crippen LogP contribution in [0.2, 0.25) is 0 Å². The van der Waals surface area contributed by atoms with Gasteiger partial charge < -0.3 is 9.72 Å². The lowest BCUT2D eigenvalue weighted by Crippen LogP contribution is -2.15. The van der Waals surface area contributed by atoms with Gasteiger partial charge in [-0.1, -0.05) is 0 Å². The maximum absolute atomic E-state index is 11.0. The Hall–Kier alpha value is -1.36. The molecule has 0 saturated heterocycles. The normalized spacial score (nSPS) is 9.69. The van der Waals surface area contributed by atoms with Crippen LogP contribution in [0.25, 0.3) is 0 Å². The van der Waals surface area contributed by atoms with Gasteiger partial charge in [0.25, 0.3) is 5.56 Å². The van der Waals surface area contributed by atoms with E-state index in [4.69, 9.17) is 11.6 Å². The zero-order chi connectivity index (χ0) is 9.84. The maximum atomic E-state index is 11.0. The van der Waals surface area contributed by atoms with Crippen molar-refractivity contribution in [3.05, 3.63) is 27.9 Å². The first kappa shape index (κ1) is 9.73. The summed E-state index contributed by atoms with van der Waals surface area (Å²) in [5, 5.41) is 0. The Kier molecular flexibility index (Phi) is 3.02. The third-order valence-corrected chi connectivity index (χ3v) is 1.56. The van der Waals surface area contributed by atoms with Crippen molar-refractivity contribution in [2.45, 2.75) is 5.88 Å². The standard InChI is InChI=1S/C7H7ClN2O3/c1-13-7(12)4-2-6(11)10-5(3-8)9-4/h2H,3H2,1H3,(H,9,10,11). The molecule has 1 rings (SSSR count). The molecule has 0 unspecified atom stereocenters. The van der Waals surface area contributed by atoms with Crippen LogP contribution in [-0.4, -0.2) is 23.0 Å². The first-order valence-corrected chi connectivity index (χ1v) is 3.95. The molecule has 0 bridgehead atoms. The Morgan fingerprint density at radius 3 is 3.00 bits per heavy atom. The van der Waals surface area contributed by atoms with Crippen LogP contribution in [0.4, 0.5) is 0 Å². The third-order valence-electron chi connectivity index (χ3n) is 1.31. The van der Waals surface area contributed by atoms with Crippen LogP contribution in [0, 0.1) is 0 Å². The number of hydrogen-bond acceptors (Lipinski definition) is 4. The second-order valence-electron chi connectivity index (χ2n) is 2.20. The molecule has 1 N–H and O–H groups in total. The molecule has 0 saturated carbocycles. The Balaban J connectivity index is 3.16. The number of aromatic amines is 1. The number of alkyl halides is 1. The van der Waals surface area contributed by atoms with Gasteiger partial charge in [0.1, 0.15) is 5.82 Å². The fourth-order valence-corrected chi connectivity index (χ4v) is 0.907. The van der Waals surface area contributed by atoms with Gasteiger partial charge in [-0.2, -0.15) is 0 Å². The number of aromatic nitrogens is 2. The summed E-state index contributed by atoms with van der Waals surface area (Å²) >= 11 is 5.43. The highest BCUT2D eigenvalue weighted by Crippen LogP contribution is 1.97. The van der Waals surface area contributed by atoms with E-state index in [9.17, 15) is 9.59 Å². The van der Waals surface area contributed by atoms with Crippen LogP contribution in [-0.2, 0) is 10.6 Å². The summed E-state index contributed by atoms with van der Waals surface area (Å²) in [5.74, 6) is -0.368. The van der Waals surface area contributed by atoms with Crippen molar-refractivity contribution in [2.75, 3.05) is 7.11 Å². The van der Waals surface area contributed by atoms with Gasteiger partial charge in [0.05, 0.1) is 13.0 Å². The van der Waals surface area contributed by atoms with E-state index in [1.807, 2.05) is 0 Å². The second kappa shape index (κ2) is 4.04. The van der Waals surface area contributed by atoms with Crippen molar-refractivity contribution in [3.63, 3.8) is 0 Å². The molecule has 0 atom stereocenters. The van der Waals surface area contributed by atoms with E-state index in [1.165, 1.54) is 7.11 Å². The fourth-order valence-electron chi connectivity index (χ4n) is 0.781. The van der Waals surface area contributed by atoms with Crippen LogP contribution in [0.15, 0.2) is 10.9 Å². The Labute approximate surface area is 78.7 Å². The van der Waals surface area contributed by atoms with Crippen LogP contribution < -0.4 is 5.56 Å². The summed E-state index contributed by atoms with van der Waals surface area (Å²) in [6, 6.07) is 1.06. The average molecular weight is 203 g/mol. The van der Waals surface area contributed by atoms with Gasteiger partial charge in [0, 0.05) is 6.07 Å². The predicted molar refractivity (Wildman–Crippen MR) is 45.8 cm³/mol. The Morgan fingerprint density at radius 1 is 1.77 bits per heavy atom. The highest BCUT2D eigenvalue weighted by Gasteiger charge is 2.09. The van der Waals surface area contributed by atoms with E-state index < -0.39 is 11.5 Å². The molecule has 0 amide bonds. The number of rotatable bonds is 2. The molecule has 1 heterocycles. The predicted octanol–water partition coefficient (Wildman–Crippen LogP) is 0.295. The van der Waals surface area contributed by atoms with Crippen molar-refractivity contribution in [3.8, 4) is 0 Å². The van der Waals surface area contributed by atoms with E-state index >= 15 is 0 Å². The first-order valence-electron chi connectivity index (χ1n) is 3.42. The molecule has 6 heteroatoms. The topological polar surface area (TPSA) is 72.1 Å². The lowest BCUT2D eigenvalue weighted by molar-refractivity contribution is 0.0593. The number of hydrogen-bond donors (Lipinski definition) is 1. The smallest absolute Gasteiger partial charge is 0.356 e. The molecule has 5 nitrogen and oxygen atoms in total. The third kappa shape index (κ3) is 2.29. The van der Waals surface area contributed by atoms with Crippen LogP contribution in [0.5, 0.6) is 0 Å². The SMILES string of the molecule is COC(=O)c1cc(=O)[nH]c(CCl)n1. The van der Waals surface area contributed by atoms with E-state index in [0.29, 0.717) is 0 Å². The lowest BCUT2D eigenvalue weighted by Gasteiger charge is -1.98. The highest BCUT2D eigenvalue weighted by atomic mass is 35.5. The zero-order valence-electron chi connectivity index (χ0n) is 6.83. The number of ether oxygens (including phenoxy) is 1. The van der Waals surface area contributed by atoms with Crippen molar-refractivity contribution in [2.24, 2.45) is 0 Å². The van der Waals surface area contributed by atoms with Gasteiger partial charge in [0.15, 0.2) is 5.69 Å². The summed E-state index contributed by atoms with van der Waals surface area (Å²) in [5.41, 5.74) is -0.465. The van der Waals surface area contributed by atoms with Gasteiger partial charge in [0.2, 0.25) is 0 Å². The van der Waals surface area contributed by atoms with Gasteiger partial charge >= 0.3 is 5.97 Å². The van der Waals surface area contributed by atoms with E-state index in [1.54, 1.807) is 0 Å². The van der Waals surface area contributed by atoms with Crippen molar-refractivity contribution < 1.29 is 9.53 Å². The maximum Gasteiger partial charge on any atom is 0.356 e. The molecule has 13 heavy (non-hydrogen) atoms. The van der Waals surface area contributed by atoms with Crippen LogP contribution in [0.3, 0.4) is 0 Å². The highest BCUT2D eigenvalue weighted by molar-refractivity contribution is 6.16. The van der Waals surface area contributed by atoms with Gasteiger partial charge in [-0.25, -0.2) is 9.78 Å². The van der Waals surface area contributed by atoms with E-state index in [2.05, 4.69) is 14.7 Å². The van der Waals surface area contributed by atoms with E-state index in [0.717, 1.165) is 6.07 Å². The molecule has 0 aliphatic rings. The number of esters is 1. The molecule has 0 aliphatic carbocycles. The van der Waals surface area contributed by atoms with E-state index in [-0.39, 0.29) is 17.4 Å². The number of nitrogens with zero attached hydrogens (tertiary/aromatic N) is 1. The van der Waals surface area contributed by atoms with Crippen molar-refractivity contribution >= 4 is 17.6 Å². The van der Waals surface area contributed by atoms with Crippen LogP contribution in [0.1, 0.15) is 16.3 Å². The molecule has 1 aromatic heterocycles. The molecular formula is C7H7ClN2O3. The Morgan fingerprint density at radius 2 is 2.46 bits per heavy atom. The summed E-state index contributed by atoms with van der Waals surface area (Å²) in [4.78, 5) is 28.0. The molecule has 0 radical (unpaired) electrons. The van der Waals surface area contributed by atoms with Crippen molar-refractivity contribution in [1.82, 2.24) is 9.97 Å². The second-order valence-corrected chi connectivity index (χ2v) is 2.47. The molecular weight excluding hydrogens is 196 g/mol. The quantitative estimate of drug-likeness (QED) is 0.553. The summed E-state index contributed by atoms with van der Waals surface area (Å²) in [7, 11) is 1.21. The molecule has 0 aromatic carbocycles. The van der Waals surface area contributed by atoms with Gasteiger partial charge in [-0.3, -0.25) is 4.79 Å². The number of carbonyl (C=O) groups is 1. The lowest BCUT2D eigenvalue weighted by atomic mass is 10.4. The zero-order valence-corrected chi connectivity index (χ0v) is 7.59. The molecule has 0 spiro atoms.